The molecular formula is C7H8OS2. The van der Waals surface area contributed by atoms with Gasteiger partial charge in [0.05, 0.1) is 0 Å². The van der Waals surface area contributed by atoms with Gasteiger partial charge < -0.3 is 0 Å². The molecule has 0 radical (unpaired) electrons. The van der Waals surface area contributed by atoms with Crippen LogP contribution in [0.3, 0.4) is 0 Å². The molecule has 0 aromatic rings. The average Bonchev–Trinajstić information content (AvgIpc) is 1.88. The first kappa shape index (κ1) is 8.03. The zero-order chi connectivity index (χ0) is 7.56. The fourth-order valence-corrected chi connectivity index (χ4v) is 3.14. The summed E-state index contributed by atoms with van der Waals surface area (Å²) in [4.78, 5) is 10.8. The molecule has 0 saturated carbocycles. The second-order valence-electron chi connectivity index (χ2n) is 2.16. The molecule has 2 atom stereocenters. The third-order valence-electron chi connectivity index (χ3n) is 1.44. The van der Waals surface area contributed by atoms with E-state index in [9.17, 15) is 4.79 Å². The Labute approximate surface area is 69.3 Å². The molecule has 1 heterocycles. The Kier molecular flexibility index (Phi) is 2.70. The molecule has 54 valence electrons. The highest BCUT2D eigenvalue weighted by molar-refractivity contribution is 8.39. The van der Waals surface area contributed by atoms with E-state index in [0.29, 0.717) is 5.25 Å². The monoisotopic (exact) mass is 172 g/mol. The van der Waals surface area contributed by atoms with Gasteiger partial charge in [-0.05, 0) is 0 Å². The van der Waals surface area contributed by atoms with Gasteiger partial charge in [0.1, 0.15) is 0 Å². The lowest BCUT2D eigenvalue weighted by Gasteiger charge is -2.21. The Bertz CT molecular complexity index is 183. The number of carbonyl (C=O) groups is 1. The predicted octanol–water partition coefficient (Wildman–Crippen LogP) is 2.22. The summed E-state index contributed by atoms with van der Waals surface area (Å²) in [6.45, 7) is 2.01. The largest absolute Gasteiger partial charge is 0.274 e. The van der Waals surface area contributed by atoms with Crippen molar-refractivity contribution in [3.05, 3.63) is 0 Å². The molecule has 0 aromatic carbocycles. The first-order valence-corrected chi connectivity index (χ1v) is 4.90. The summed E-state index contributed by atoms with van der Waals surface area (Å²) in [5, 5.41) is 0.304. The van der Waals surface area contributed by atoms with Crippen LogP contribution in [0.5, 0.6) is 0 Å². The van der Waals surface area contributed by atoms with Crippen molar-refractivity contribution in [1.82, 2.24) is 0 Å². The third-order valence-corrected chi connectivity index (χ3v) is 3.74. The van der Waals surface area contributed by atoms with E-state index < -0.39 is 0 Å². The van der Waals surface area contributed by atoms with Crippen LogP contribution in [0.25, 0.3) is 0 Å². The van der Waals surface area contributed by atoms with Crippen LogP contribution in [0.15, 0.2) is 0 Å². The Morgan fingerprint density at radius 2 is 2.50 bits per heavy atom. The predicted molar refractivity (Wildman–Crippen MR) is 47.2 cm³/mol. The lowest BCUT2D eigenvalue weighted by molar-refractivity contribution is 0.276. The Hall–Kier alpha value is -0.0700. The minimum absolute atomic E-state index is 0.207. The van der Waals surface area contributed by atoms with Gasteiger partial charge >= 0.3 is 0 Å². The molecule has 1 rings (SSSR count). The normalized spacial score (nSPS) is 33.4. The number of rotatable bonds is 0. The van der Waals surface area contributed by atoms with Crippen molar-refractivity contribution in [2.75, 3.05) is 5.75 Å². The second kappa shape index (κ2) is 3.36. The molecule has 1 aliphatic rings. The van der Waals surface area contributed by atoms with Gasteiger partial charge in [0.25, 0.3) is 0 Å². The van der Waals surface area contributed by atoms with Crippen LogP contribution >= 0.6 is 23.5 Å². The van der Waals surface area contributed by atoms with Crippen molar-refractivity contribution < 1.29 is 4.79 Å². The molecule has 0 aromatic heterocycles. The highest BCUT2D eigenvalue weighted by Gasteiger charge is 2.25. The van der Waals surface area contributed by atoms with Gasteiger partial charge in [-0.1, -0.05) is 30.4 Å². The Morgan fingerprint density at radius 3 is 3.00 bits per heavy atom. The van der Waals surface area contributed by atoms with Crippen molar-refractivity contribution in [1.29, 1.82) is 0 Å². The molecule has 0 amide bonds. The van der Waals surface area contributed by atoms with Gasteiger partial charge in [0, 0.05) is 16.9 Å². The van der Waals surface area contributed by atoms with Crippen LogP contribution in [0.1, 0.15) is 6.92 Å². The number of thioether (sulfide) groups is 2. The van der Waals surface area contributed by atoms with Crippen LogP contribution in [0.4, 0.5) is 4.79 Å². The Morgan fingerprint density at radius 1 is 1.80 bits per heavy atom. The minimum atomic E-state index is 0.207. The standard InChI is InChI=1S/C7H8OS2/c1-3-6-4-9-7(8)10-5(6)2/h1,5-6H,4H2,2H3. The van der Waals surface area contributed by atoms with Crippen LogP contribution < -0.4 is 0 Å². The lowest BCUT2D eigenvalue weighted by atomic mass is 10.1. The number of hydrogen-bond donors (Lipinski definition) is 0. The minimum Gasteiger partial charge on any atom is -0.274 e. The molecule has 1 nitrogen and oxygen atoms in total. The molecule has 0 bridgehead atoms. The SMILES string of the molecule is C#CC1CSC(=O)SC1C. The summed E-state index contributed by atoms with van der Waals surface area (Å²) < 4.78 is 0.207. The molecule has 2 unspecified atom stereocenters. The van der Waals surface area contributed by atoms with Crippen LogP contribution in [-0.2, 0) is 0 Å². The van der Waals surface area contributed by atoms with Crippen molar-refractivity contribution in [3.63, 3.8) is 0 Å². The van der Waals surface area contributed by atoms with Crippen molar-refractivity contribution >= 4 is 28.0 Å². The molecule has 0 aliphatic carbocycles. The summed E-state index contributed by atoms with van der Waals surface area (Å²) in [5.74, 6) is 3.75. The molecule has 1 fully saturated rings. The smallest absolute Gasteiger partial charge is 0.246 e. The van der Waals surface area contributed by atoms with E-state index in [2.05, 4.69) is 5.92 Å². The van der Waals surface area contributed by atoms with Gasteiger partial charge in [0.2, 0.25) is 4.45 Å². The zero-order valence-electron chi connectivity index (χ0n) is 5.66. The third kappa shape index (κ3) is 1.71. The fourth-order valence-electron chi connectivity index (χ4n) is 0.745. The van der Waals surface area contributed by atoms with Crippen molar-refractivity contribution in [3.8, 4) is 12.3 Å². The van der Waals surface area contributed by atoms with Gasteiger partial charge in [-0.3, -0.25) is 4.79 Å². The first-order chi connectivity index (χ1) is 4.74. The van der Waals surface area contributed by atoms with E-state index in [1.165, 1.54) is 23.5 Å². The van der Waals surface area contributed by atoms with E-state index in [1.807, 2.05) is 6.92 Å². The maximum atomic E-state index is 10.8. The highest BCUT2D eigenvalue weighted by Crippen LogP contribution is 2.34. The fraction of sp³-hybridized carbons (Fsp3) is 0.571. The molecule has 1 aliphatic heterocycles. The Balaban J connectivity index is 2.53. The summed E-state index contributed by atoms with van der Waals surface area (Å²) >= 11 is 2.69. The molecule has 1 saturated heterocycles. The van der Waals surface area contributed by atoms with E-state index in [-0.39, 0.29) is 10.4 Å². The van der Waals surface area contributed by atoms with Crippen LogP contribution in [0, 0.1) is 18.3 Å². The lowest BCUT2D eigenvalue weighted by Crippen LogP contribution is -2.20. The van der Waals surface area contributed by atoms with E-state index in [4.69, 9.17) is 6.42 Å². The van der Waals surface area contributed by atoms with Gasteiger partial charge in [0.15, 0.2) is 0 Å². The number of carbonyl (C=O) groups excluding carboxylic acids is 1. The van der Waals surface area contributed by atoms with Crippen LogP contribution in [-0.4, -0.2) is 15.5 Å². The summed E-state index contributed by atoms with van der Waals surface area (Å²) in [5.41, 5.74) is 0. The summed E-state index contributed by atoms with van der Waals surface area (Å²) in [6.07, 6.45) is 5.25. The first-order valence-electron chi connectivity index (χ1n) is 3.03. The van der Waals surface area contributed by atoms with Crippen LogP contribution in [0.2, 0.25) is 0 Å². The summed E-state index contributed by atoms with van der Waals surface area (Å²) in [7, 11) is 0. The molecular weight excluding hydrogens is 164 g/mol. The van der Waals surface area contributed by atoms with Gasteiger partial charge in [-0.25, -0.2) is 0 Å². The average molecular weight is 172 g/mol. The van der Waals surface area contributed by atoms with Crippen molar-refractivity contribution in [2.24, 2.45) is 5.92 Å². The van der Waals surface area contributed by atoms with E-state index in [1.54, 1.807) is 0 Å². The maximum absolute atomic E-state index is 10.8. The zero-order valence-corrected chi connectivity index (χ0v) is 7.30. The highest BCUT2D eigenvalue weighted by atomic mass is 32.2. The van der Waals surface area contributed by atoms with Gasteiger partial charge in [-0.15, -0.1) is 12.3 Å². The quantitative estimate of drug-likeness (QED) is 0.522. The number of terminal acetylenes is 1. The molecule has 3 heteroatoms. The maximum Gasteiger partial charge on any atom is 0.246 e. The molecule has 0 spiro atoms. The number of hydrogen-bond acceptors (Lipinski definition) is 3. The second-order valence-corrected chi connectivity index (χ2v) is 4.76. The summed E-state index contributed by atoms with van der Waals surface area (Å²) in [6, 6.07) is 0. The van der Waals surface area contributed by atoms with Crippen molar-refractivity contribution in [2.45, 2.75) is 12.2 Å². The van der Waals surface area contributed by atoms with E-state index in [0.717, 1.165) is 5.75 Å². The molecule has 0 N–H and O–H groups in total. The molecule has 10 heavy (non-hydrogen) atoms. The van der Waals surface area contributed by atoms with E-state index >= 15 is 0 Å². The van der Waals surface area contributed by atoms with Gasteiger partial charge in [-0.2, -0.15) is 0 Å². The topological polar surface area (TPSA) is 17.1 Å².